The predicted molar refractivity (Wildman–Crippen MR) is 114 cm³/mol. The second kappa shape index (κ2) is 7.53. The first kappa shape index (κ1) is 20.9. The molecule has 1 fully saturated rings. The molecule has 2 aromatic rings. The lowest BCUT2D eigenvalue weighted by Crippen LogP contribution is -2.48. The number of amides is 1. The number of hydrogen-bond acceptors (Lipinski definition) is 3. The van der Waals surface area contributed by atoms with Gasteiger partial charge in [0.1, 0.15) is 0 Å². The Labute approximate surface area is 172 Å². The fourth-order valence-electron chi connectivity index (χ4n) is 3.63. The Balaban J connectivity index is 1.91. The molecule has 28 heavy (non-hydrogen) atoms. The van der Waals surface area contributed by atoms with E-state index in [2.05, 4.69) is 37.5 Å². The number of aromatic nitrogens is 2. The van der Waals surface area contributed by atoms with Crippen LogP contribution in [-0.2, 0) is 10.3 Å². The van der Waals surface area contributed by atoms with Gasteiger partial charge in [-0.3, -0.25) is 14.8 Å². The Morgan fingerprint density at radius 1 is 1.14 bits per heavy atom. The van der Waals surface area contributed by atoms with E-state index in [-0.39, 0.29) is 35.0 Å². The molecule has 1 amide bonds. The van der Waals surface area contributed by atoms with E-state index in [0.29, 0.717) is 11.4 Å². The SMILES string of the molecule is CC(C)(C)NC(=O)[C@@H]1C[C@H](c2ccn(C(C)(C)C)n2)[C@H](c2ccc(Cl)cc2)N1. The molecule has 1 aliphatic rings. The maximum Gasteiger partial charge on any atom is 0.237 e. The highest BCUT2D eigenvalue weighted by atomic mass is 35.5. The number of carbonyl (C=O) groups excluding carboxylic acids is 1. The van der Waals surface area contributed by atoms with Crippen LogP contribution >= 0.6 is 11.6 Å². The number of hydrogen-bond donors (Lipinski definition) is 2. The molecule has 1 aromatic carbocycles. The van der Waals surface area contributed by atoms with Crippen LogP contribution in [0.5, 0.6) is 0 Å². The van der Waals surface area contributed by atoms with Crippen molar-refractivity contribution in [2.45, 2.75) is 77.0 Å². The highest BCUT2D eigenvalue weighted by molar-refractivity contribution is 6.30. The molecule has 0 spiro atoms. The highest BCUT2D eigenvalue weighted by Gasteiger charge is 2.40. The summed E-state index contributed by atoms with van der Waals surface area (Å²) in [6, 6.07) is 9.67. The topological polar surface area (TPSA) is 59.0 Å². The summed E-state index contributed by atoms with van der Waals surface area (Å²) < 4.78 is 1.99. The molecule has 2 heterocycles. The maximum atomic E-state index is 12.8. The summed E-state index contributed by atoms with van der Waals surface area (Å²) in [7, 11) is 0. The minimum atomic E-state index is -0.263. The summed E-state index contributed by atoms with van der Waals surface area (Å²) >= 11 is 6.08. The Morgan fingerprint density at radius 3 is 2.32 bits per heavy atom. The number of benzene rings is 1. The Hall–Kier alpha value is -1.85. The summed E-state index contributed by atoms with van der Waals surface area (Å²) in [6.07, 6.45) is 2.73. The van der Waals surface area contributed by atoms with Gasteiger partial charge in [0, 0.05) is 28.7 Å². The lowest BCUT2D eigenvalue weighted by Gasteiger charge is -2.23. The van der Waals surface area contributed by atoms with Gasteiger partial charge in [-0.15, -0.1) is 0 Å². The molecule has 3 rings (SSSR count). The first-order valence-corrected chi connectivity index (χ1v) is 10.2. The Kier molecular flexibility index (Phi) is 5.61. The molecule has 3 atom stereocenters. The maximum absolute atomic E-state index is 12.8. The van der Waals surface area contributed by atoms with Crippen LogP contribution in [0.15, 0.2) is 36.5 Å². The molecular formula is C22H31ClN4O. The molecule has 152 valence electrons. The number of rotatable bonds is 3. The first-order chi connectivity index (χ1) is 12.9. The van der Waals surface area contributed by atoms with Crippen LogP contribution in [0.1, 0.15) is 71.2 Å². The van der Waals surface area contributed by atoms with Crippen molar-refractivity contribution in [1.29, 1.82) is 0 Å². The van der Waals surface area contributed by atoms with Crippen molar-refractivity contribution >= 4 is 17.5 Å². The van der Waals surface area contributed by atoms with Gasteiger partial charge in [-0.2, -0.15) is 5.10 Å². The second-order valence-electron chi connectivity index (χ2n) is 9.69. The van der Waals surface area contributed by atoms with E-state index in [9.17, 15) is 4.79 Å². The molecule has 0 unspecified atom stereocenters. The predicted octanol–water partition coefficient (Wildman–Crippen LogP) is 4.39. The lowest BCUT2D eigenvalue weighted by molar-refractivity contribution is -0.124. The average Bonchev–Trinajstić information content (AvgIpc) is 3.20. The van der Waals surface area contributed by atoms with Crippen molar-refractivity contribution in [3.8, 4) is 0 Å². The zero-order chi connectivity index (χ0) is 20.7. The van der Waals surface area contributed by atoms with E-state index < -0.39 is 0 Å². The molecule has 0 radical (unpaired) electrons. The van der Waals surface area contributed by atoms with Crippen molar-refractivity contribution in [3.63, 3.8) is 0 Å². The normalized spacial score (nSPS) is 23.0. The van der Waals surface area contributed by atoms with Gasteiger partial charge >= 0.3 is 0 Å². The van der Waals surface area contributed by atoms with Gasteiger partial charge < -0.3 is 5.32 Å². The van der Waals surface area contributed by atoms with Gasteiger partial charge in [-0.25, -0.2) is 0 Å². The summed E-state index contributed by atoms with van der Waals surface area (Å²) in [6.45, 7) is 12.4. The minimum Gasteiger partial charge on any atom is -0.350 e. The summed E-state index contributed by atoms with van der Waals surface area (Å²) in [5, 5.41) is 12.2. The molecule has 0 saturated carbocycles. The van der Waals surface area contributed by atoms with Gasteiger partial charge in [0.05, 0.1) is 17.3 Å². The number of halogens is 1. The van der Waals surface area contributed by atoms with E-state index >= 15 is 0 Å². The summed E-state index contributed by atoms with van der Waals surface area (Å²) in [5.74, 6) is 0.143. The van der Waals surface area contributed by atoms with Crippen LogP contribution in [0.2, 0.25) is 5.02 Å². The van der Waals surface area contributed by atoms with E-state index in [1.165, 1.54) is 0 Å². The zero-order valence-electron chi connectivity index (χ0n) is 17.6. The van der Waals surface area contributed by atoms with Crippen LogP contribution in [0.4, 0.5) is 0 Å². The summed E-state index contributed by atoms with van der Waals surface area (Å²) in [5.41, 5.74) is 1.78. The highest BCUT2D eigenvalue weighted by Crippen LogP contribution is 2.40. The van der Waals surface area contributed by atoms with Gasteiger partial charge in [0.2, 0.25) is 5.91 Å². The molecule has 6 heteroatoms. The number of carbonyl (C=O) groups is 1. The van der Waals surface area contributed by atoms with Gasteiger partial charge in [-0.05, 0) is 71.7 Å². The monoisotopic (exact) mass is 402 g/mol. The van der Waals surface area contributed by atoms with E-state index in [4.69, 9.17) is 16.7 Å². The zero-order valence-corrected chi connectivity index (χ0v) is 18.3. The van der Waals surface area contributed by atoms with Gasteiger partial charge in [0.15, 0.2) is 0 Å². The fraction of sp³-hybridized carbons (Fsp3) is 0.545. The van der Waals surface area contributed by atoms with Crippen molar-refractivity contribution in [3.05, 3.63) is 52.8 Å². The minimum absolute atomic E-state index is 0.0105. The van der Waals surface area contributed by atoms with Crippen LogP contribution < -0.4 is 10.6 Å². The van der Waals surface area contributed by atoms with Gasteiger partial charge in [-0.1, -0.05) is 23.7 Å². The smallest absolute Gasteiger partial charge is 0.237 e. The summed E-state index contributed by atoms with van der Waals surface area (Å²) in [4.78, 5) is 12.8. The second-order valence-corrected chi connectivity index (χ2v) is 10.1. The van der Waals surface area contributed by atoms with Crippen molar-refractivity contribution in [2.75, 3.05) is 0 Å². The van der Waals surface area contributed by atoms with Crippen LogP contribution in [0.3, 0.4) is 0 Å². The lowest BCUT2D eigenvalue weighted by atomic mass is 9.90. The third-order valence-electron chi connectivity index (χ3n) is 4.99. The molecule has 0 bridgehead atoms. The van der Waals surface area contributed by atoms with Crippen molar-refractivity contribution < 1.29 is 4.79 Å². The average molecular weight is 403 g/mol. The molecular weight excluding hydrogens is 372 g/mol. The van der Waals surface area contributed by atoms with E-state index in [0.717, 1.165) is 11.3 Å². The third-order valence-corrected chi connectivity index (χ3v) is 5.25. The molecule has 1 aliphatic heterocycles. The number of nitrogens with zero attached hydrogens (tertiary/aromatic N) is 2. The first-order valence-electron chi connectivity index (χ1n) is 9.84. The van der Waals surface area contributed by atoms with Gasteiger partial charge in [0.25, 0.3) is 0 Å². The fourth-order valence-corrected chi connectivity index (χ4v) is 3.76. The molecule has 1 saturated heterocycles. The molecule has 5 nitrogen and oxygen atoms in total. The van der Waals surface area contributed by atoms with Crippen molar-refractivity contribution in [1.82, 2.24) is 20.4 Å². The Morgan fingerprint density at radius 2 is 1.79 bits per heavy atom. The molecule has 1 aromatic heterocycles. The van der Waals surface area contributed by atoms with E-state index in [1.807, 2.05) is 55.9 Å². The van der Waals surface area contributed by atoms with E-state index in [1.54, 1.807) is 0 Å². The van der Waals surface area contributed by atoms with Crippen LogP contribution in [0.25, 0.3) is 0 Å². The van der Waals surface area contributed by atoms with Crippen LogP contribution in [-0.4, -0.2) is 27.3 Å². The quantitative estimate of drug-likeness (QED) is 0.800. The largest absolute Gasteiger partial charge is 0.350 e. The van der Waals surface area contributed by atoms with Crippen LogP contribution in [0, 0.1) is 0 Å². The number of nitrogens with one attached hydrogen (secondary N) is 2. The third kappa shape index (κ3) is 4.76. The molecule has 2 N–H and O–H groups in total. The standard InChI is InChI=1S/C22H31ClN4O/c1-21(2,3)25-20(28)18-13-16(17-11-12-27(26-17)22(4,5)6)19(24-18)14-7-9-15(23)10-8-14/h7-12,16,18-19,24H,13H2,1-6H3,(H,25,28)/t16-,18+,19+/m1/s1. The molecule has 0 aliphatic carbocycles. The Bertz CT molecular complexity index is 829. The van der Waals surface area contributed by atoms with Crippen molar-refractivity contribution in [2.24, 2.45) is 0 Å².